The fraction of sp³-hybridized carbons (Fsp3) is 0.250. The summed E-state index contributed by atoms with van der Waals surface area (Å²) < 4.78 is 57.6. The SMILES string of the molecule is O=S(O)CN=Nc1ccc(OC(F)(F)F)cc1. The summed E-state index contributed by atoms with van der Waals surface area (Å²) in [4.78, 5) is 0. The summed E-state index contributed by atoms with van der Waals surface area (Å²) in [6, 6.07) is 4.62. The van der Waals surface area contributed by atoms with E-state index in [0.29, 0.717) is 0 Å². The first-order valence-corrected chi connectivity index (χ1v) is 5.45. The summed E-state index contributed by atoms with van der Waals surface area (Å²) in [7, 11) is 0. The summed E-state index contributed by atoms with van der Waals surface area (Å²) in [5.74, 6) is -0.761. The molecule has 1 N–H and O–H groups in total. The molecule has 1 unspecified atom stereocenters. The van der Waals surface area contributed by atoms with Gasteiger partial charge in [0.2, 0.25) is 0 Å². The van der Waals surface area contributed by atoms with Gasteiger partial charge in [-0.25, -0.2) is 4.21 Å². The van der Waals surface area contributed by atoms with Crippen LogP contribution in [0.15, 0.2) is 34.5 Å². The summed E-state index contributed by atoms with van der Waals surface area (Å²) in [5.41, 5.74) is 0.255. The van der Waals surface area contributed by atoms with Crippen molar-refractivity contribution >= 4 is 16.8 Å². The maximum atomic E-state index is 11.8. The van der Waals surface area contributed by atoms with E-state index in [9.17, 15) is 17.4 Å². The third-order valence-electron chi connectivity index (χ3n) is 1.42. The number of halogens is 3. The molecule has 0 radical (unpaired) electrons. The van der Waals surface area contributed by atoms with Crippen LogP contribution in [0.2, 0.25) is 0 Å². The van der Waals surface area contributed by atoms with Gasteiger partial charge in [-0.2, -0.15) is 10.2 Å². The number of nitrogens with zero attached hydrogens (tertiary/aromatic N) is 2. The third kappa shape index (κ3) is 5.97. The van der Waals surface area contributed by atoms with Crippen LogP contribution in [0, 0.1) is 0 Å². The molecular formula is C8H7F3N2O3S. The zero-order valence-corrected chi connectivity index (χ0v) is 9.03. The second-order valence-corrected chi connectivity index (χ2v) is 3.63. The number of ether oxygens (including phenoxy) is 1. The van der Waals surface area contributed by atoms with Gasteiger partial charge in [0, 0.05) is 0 Å². The fourth-order valence-electron chi connectivity index (χ4n) is 0.874. The lowest BCUT2D eigenvalue weighted by molar-refractivity contribution is -0.274. The molecule has 0 spiro atoms. The zero-order chi connectivity index (χ0) is 12.9. The lowest BCUT2D eigenvalue weighted by Crippen LogP contribution is -2.16. The van der Waals surface area contributed by atoms with Gasteiger partial charge in [0.1, 0.15) is 5.75 Å². The Hall–Kier alpha value is -1.48. The lowest BCUT2D eigenvalue weighted by Gasteiger charge is -2.07. The van der Waals surface area contributed by atoms with E-state index in [1.165, 1.54) is 12.1 Å². The second kappa shape index (κ2) is 5.73. The Morgan fingerprint density at radius 1 is 1.29 bits per heavy atom. The van der Waals surface area contributed by atoms with Gasteiger partial charge in [-0.05, 0) is 24.3 Å². The molecule has 94 valence electrons. The Bertz CT molecular complexity index is 419. The van der Waals surface area contributed by atoms with Gasteiger partial charge in [-0.3, -0.25) is 0 Å². The first kappa shape index (κ1) is 13.6. The van der Waals surface area contributed by atoms with Gasteiger partial charge in [0.05, 0.1) is 5.69 Å². The van der Waals surface area contributed by atoms with E-state index in [1.807, 2.05) is 0 Å². The third-order valence-corrected chi connectivity index (χ3v) is 1.76. The van der Waals surface area contributed by atoms with Crippen LogP contribution < -0.4 is 4.74 Å². The van der Waals surface area contributed by atoms with E-state index in [0.717, 1.165) is 12.1 Å². The number of benzene rings is 1. The number of hydrogen-bond acceptors (Lipinski definition) is 4. The number of azo groups is 1. The molecule has 9 heteroatoms. The van der Waals surface area contributed by atoms with E-state index in [4.69, 9.17) is 4.55 Å². The summed E-state index contributed by atoms with van der Waals surface area (Å²) in [5, 5.41) is 6.88. The Morgan fingerprint density at radius 3 is 2.35 bits per heavy atom. The van der Waals surface area contributed by atoms with E-state index < -0.39 is 17.4 Å². The van der Waals surface area contributed by atoms with Crippen molar-refractivity contribution in [1.82, 2.24) is 0 Å². The summed E-state index contributed by atoms with van der Waals surface area (Å²) in [6.07, 6.45) is -4.74. The molecule has 0 saturated carbocycles. The van der Waals surface area contributed by atoms with Crippen LogP contribution in [0.5, 0.6) is 5.75 Å². The predicted molar refractivity (Wildman–Crippen MR) is 53.3 cm³/mol. The molecule has 0 aliphatic heterocycles. The Balaban J connectivity index is 2.62. The highest BCUT2D eigenvalue weighted by Gasteiger charge is 2.30. The van der Waals surface area contributed by atoms with Crippen molar-refractivity contribution in [1.29, 1.82) is 0 Å². The van der Waals surface area contributed by atoms with Crippen LogP contribution in [0.3, 0.4) is 0 Å². The summed E-state index contributed by atoms with van der Waals surface area (Å²) in [6.45, 7) is 0. The zero-order valence-electron chi connectivity index (χ0n) is 8.22. The molecule has 0 aliphatic carbocycles. The topological polar surface area (TPSA) is 71.2 Å². The molecule has 0 aromatic heterocycles. The molecule has 5 nitrogen and oxygen atoms in total. The first-order chi connectivity index (χ1) is 7.87. The molecule has 1 rings (SSSR count). The van der Waals surface area contributed by atoms with E-state index in [2.05, 4.69) is 15.0 Å². The van der Waals surface area contributed by atoms with Crippen molar-refractivity contribution in [2.75, 3.05) is 5.88 Å². The van der Waals surface area contributed by atoms with Crippen molar-refractivity contribution < 1.29 is 26.7 Å². The van der Waals surface area contributed by atoms with Crippen molar-refractivity contribution in [3.8, 4) is 5.75 Å². The quantitative estimate of drug-likeness (QED) is 0.674. The van der Waals surface area contributed by atoms with Crippen LogP contribution >= 0.6 is 0 Å². The normalized spacial score (nSPS) is 13.9. The standard InChI is InChI=1S/C8H7F3N2O3S/c9-8(10,11)16-7-3-1-6(2-4-7)13-12-5-17(14)15/h1-4H,5H2,(H,14,15). The molecule has 1 aromatic rings. The van der Waals surface area contributed by atoms with Crippen molar-refractivity contribution in [2.45, 2.75) is 6.36 Å². The maximum absolute atomic E-state index is 11.8. The first-order valence-electron chi connectivity index (χ1n) is 4.17. The number of hydrogen-bond donors (Lipinski definition) is 1. The Labute approximate surface area is 96.6 Å². The molecular weight excluding hydrogens is 261 g/mol. The second-order valence-electron chi connectivity index (χ2n) is 2.73. The van der Waals surface area contributed by atoms with Gasteiger partial charge >= 0.3 is 6.36 Å². The molecule has 0 fully saturated rings. The Kier molecular flexibility index (Phi) is 4.58. The van der Waals surface area contributed by atoms with Crippen LogP contribution in [-0.4, -0.2) is 21.0 Å². The Morgan fingerprint density at radius 2 is 1.88 bits per heavy atom. The van der Waals surface area contributed by atoms with Crippen LogP contribution in [-0.2, 0) is 11.1 Å². The molecule has 0 saturated heterocycles. The van der Waals surface area contributed by atoms with Crippen molar-refractivity contribution in [3.05, 3.63) is 24.3 Å². The van der Waals surface area contributed by atoms with Gasteiger partial charge in [-0.1, -0.05) is 0 Å². The highest BCUT2D eigenvalue weighted by Crippen LogP contribution is 2.24. The van der Waals surface area contributed by atoms with Crippen molar-refractivity contribution in [3.63, 3.8) is 0 Å². The predicted octanol–water partition coefficient (Wildman–Crippen LogP) is 2.85. The number of alkyl halides is 3. The molecule has 0 bridgehead atoms. The molecule has 0 aliphatic rings. The smallest absolute Gasteiger partial charge is 0.406 e. The van der Waals surface area contributed by atoms with Crippen LogP contribution in [0.25, 0.3) is 0 Å². The minimum atomic E-state index is -4.74. The molecule has 1 atom stereocenters. The van der Waals surface area contributed by atoms with Crippen LogP contribution in [0.4, 0.5) is 18.9 Å². The van der Waals surface area contributed by atoms with Crippen LogP contribution in [0.1, 0.15) is 0 Å². The molecule has 17 heavy (non-hydrogen) atoms. The largest absolute Gasteiger partial charge is 0.573 e. The molecule has 1 aromatic carbocycles. The monoisotopic (exact) mass is 268 g/mol. The average molecular weight is 268 g/mol. The van der Waals surface area contributed by atoms with E-state index in [-0.39, 0.29) is 17.3 Å². The molecule has 0 amide bonds. The van der Waals surface area contributed by atoms with Gasteiger partial charge in [-0.15, -0.1) is 13.2 Å². The van der Waals surface area contributed by atoms with Gasteiger partial charge < -0.3 is 9.29 Å². The van der Waals surface area contributed by atoms with Gasteiger partial charge in [0.25, 0.3) is 0 Å². The summed E-state index contributed by atoms with van der Waals surface area (Å²) >= 11 is -2.09. The van der Waals surface area contributed by atoms with Crippen molar-refractivity contribution in [2.24, 2.45) is 10.2 Å². The highest BCUT2D eigenvalue weighted by molar-refractivity contribution is 7.79. The lowest BCUT2D eigenvalue weighted by atomic mass is 10.3. The van der Waals surface area contributed by atoms with E-state index >= 15 is 0 Å². The number of rotatable bonds is 4. The minimum Gasteiger partial charge on any atom is -0.406 e. The molecule has 0 heterocycles. The highest BCUT2D eigenvalue weighted by atomic mass is 32.2. The maximum Gasteiger partial charge on any atom is 0.573 e. The van der Waals surface area contributed by atoms with Gasteiger partial charge in [0.15, 0.2) is 17.0 Å². The fourth-order valence-corrected chi connectivity index (χ4v) is 1.03. The minimum absolute atomic E-state index is 0.255. The van der Waals surface area contributed by atoms with E-state index in [1.54, 1.807) is 0 Å². The average Bonchev–Trinajstić information content (AvgIpc) is 2.18.